The highest BCUT2D eigenvalue weighted by molar-refractivity contribution is 5.89. The first-order valence-corrected chi connectivity index (χ1v) is 11.6. The van der Waals surface area contributed by atoms with E-state index >= 15 is 0 Å². The number of methoxy groups -OCH3 is 2. The lowest BCUT2D eigenvalue weighted by Crippen LogP contribution is -2.45. The van der Waals surface area contributed by atoms with E-state index in [4.69, 9.17) is 23.7 Å². The molecule has 2 atom stereocenters. The predicted molar refractivity (Wildman–Crippen MR) is 134 cm³/mol. The van der Waals surface area contributed by atoms with Gasteiger partial charge in [-0.05, 0) is 39.9 Å². The van der Waals surface area contributed by atoms with Crippen molar-refractivity contribution >= 4 is 0 Å². The Labute approximate surface area is 204 Å². The van der Waals surface area contributed by atoms with Crippen molar-refractivity contribution in [3.05, 3.63) is 102 Å². The van der Waals surface area contributed by atoms with Crippen LogP contribution in [-0.2, 0) is 21.5 Å². The fourth-order valence-electron chi connectivity index (χ4n) is 5.13. The van der Waals surface area contributed by atoms with Gasteiger partial charge in [-0.1, -0.05) is 78.9 Å². The van der Waals surface area contributed by atoms with Gasteiger partial charge in [0.15, 0.2) is 23.9 Å². The lowest BCUT2D eigenvalue weighted by atomic mass is 9.81. The summed E-state index contributed by atoms with van der Waals surface area (Å²) in [6.07, 6.45) is 0.0128. The van der Waals surface area contributed by atoms with Crippen LogP contribution in [0, 0.1) is 0 Å². The quantitative estimate of drug-likeness (QED) is 0.351. The molecular weight excluding hydrogens is 440 g/mol. The Morgan fingerprint density at radius 1 is 0.771 bits per heavy atom. The molecule has 2 heterocycles. The van der Waals surface area contributed by atoms with Crippen LogP contribution in [0.25, 0.3) is 22.3 Å². The van der Waals surface area contributed by atoms with E-state index in [1.165, 1.54) is 0 Å². The van der Waals surface area contributed by atoms with E-state index in [-0.39, 0.29) is 6.79 Å². The van der Waals surface area contributed by atoms with Crippen molar-refractivity contribution in [1.29, 1.82) is 0 Å². The number of hydrogen-bond donors (Lipinski definition) is 0. The fourth-order valence-corrected chi connectivity index (χ4v) is 5.13. The lowest BCUT2D eigenvalue weighted by molar-refractivity contribution is -0.0986. The van der Waals surface area contributed by atoms with Crippen LogP contribution in [-0.4, -0.2) is 27.3 Å². The molecule has 1 fully saturated rings. The molecule has 4 aromatic rings. The average Bonchev–Trinajstić information content (AvgIpc) is 3.35. The minimum atomic E-state index is -0.783. The molecule has 0 spiro atoms. The maximum absolute atomic E-state index is 6.67. The Morgan fingerprint density at radius 3 is 2.20 bits per heavy atom. The zero-order chi connectivity index (χ0) is 23.8. The number of hydrogen-bond acceptors (Lipinski definition) is 5. The first-order chi connectivity index (χ1) is 17.2. The average molecular weight is 467 g/mol. The molecule has 0 radical (unpaired) electrons. The SMILES string of the molecule is COc1ccc(C23Cc4ccc(-c5ccccc5)c(-c5ccccc5)c4OC2OCO3)cc1OC. The van der Waals surface area contributed by atoms with Gasteiger partial charge in [0.25, 0.3) is 0 Å². The second-order valence-corrected chi connectivity index (χ2v) is 8.72. The second kappa shape index (κ2) is 8.77. The number of rotatable bonds is 5. The van der Waals surface area contributed by atoms with Gasteiger partial charge in [0.05, 0.1) is 14.2 Å². The van der Waals surface area contributed by atoms with Gasteiger partial charge in [-0.3, -0.25) is 0 Å². The third kappa shape index (κ3) is 3.55. The normalized spacial score (nSPS) is 20.5. The highest BCUT2D eigenvalue weighted by Gasteiger charge is 2.53. The van der Waals surface area contributed by atoms with Crippen LogP contribution < -0.4 is 14.2 Å². The van der Waals surface area contributed by atoms with Crippen molar-refractivity contribution in [2.45, 2.75) is 18.3 Å². The van der Waals surface area contributed by atoms with Crippen molar-refractivity contribution in [1.82, 2.24) is 0 Å². The molecule has 0 amide bonds. The Balaban J connectivity index is 1.51. The molecule has 0 aliphatic carbocycles. The smallest absolute Gasteiger partial charge is 0.235 e. The first-order valence-electron chi connectivity index (χ1n) is 11.6. The largest absolute Gasteiger partial charge is 0.493 e. The maximum atomic E-state index is 6.67. The standard InChI is InChI=1S/C30H26O5/c1-31-25-16-14-23(17-26(25)32-2)30-18-22-13-15-24(20-9-5-3-6-10-20)27(21-11-7-4-8-12-21)28(22)35-29(30)33-19-34-30/h3-17,29H,18-19H2,1-2H3. The van der Waals surface area contributed by atoms with Crippen molar-refractivity contribution in [2.75, 3.05) is 21.0 Å². The summed E-state index contributed by atoms with van der Waals surface area (Å²) >= 11 is 0. The number of fused-ring (bicyclic) bond motifs is 2. The Morgan fingerprint density at radius 2 is 1.49 bits per heavy atom. The molecule has 6 rings (SSSR count). The highest BCUT2D eigenvalue weighted by Crippen LogP contribution is 2.51. The van der Waals surface area contributed by atoms with Gasteiger partial charge in [-0.2, -0.15) is 0 Å². The summed E-state index contributed by atoms with van der Waals surface area (Å²) in [5, 5.41) is 0. The molecule has 2 unspecified atom stereocenters. The zero-order valence-corrected chi connectivity index (χ0v) is 19.7. The van der Waals surface area contributed by atoms with E-state index in [2.05, 4.69) is 60.7 Å². The topological polar surface area (TPSA) is 46.2 Å². The van der Waals surface area contributed by atoms with Crippen LogP contribution in [0.1, 0.15) is 11.1 Å². The van der Waals surface area contributed by atoms with E-state index in [0.29, 0.717) is 17.9 Å². The predicted octanol–water partition coefficient (Wildman–Crippen LogP) is 6.20. The van der Waals surface area contributed by atoms with Crippen molar-refractivity contribution in [3.8, 4) is 39.5 Å². The van der Waals surface area contributed by atoms with Gasteiger partial charge in [0, 0.05) is 12.0 Å². The zero-order valence-electron chi connectivity index (χ0n) is 19.7. The third-order valence-corrected chi connectivity index (χ3v) is 6.85. The van der Waals surface area contributed by atoms with E-state index in [0.717, 1.165) is 39.1 Å². The van der Waals surface area contributed by atoms with E-state index in [1.54, 1.807) is 14.2 Å². The van der Waals surface area contributed by atoms with Crippen LogP contribution in [0.2, 0.25) is 0 Å². The van der Waals surface area contributed by atoms with E-state index < -0.39 is 11.9 Å². The summed E-state index contributed by atoms with van der Waals surface area (Å²) < 4.78 is 30.0. The summed E-state index contributed by atoms with van der Waals surface area (Å²) in [7, 11) is 3.26. The number of ether oxygens (including phenoxy) is 5. The van der Waals surface area contributed by atoms with Gasteiger partial charge in [0.2, 0.25) is 6.29 Å². The molecule has 35 heavy (non-hydrogen) atoms. The van der Waals surface area contributed by atoms with E-state index in [9.17, 15) is 0 Å². The molecule has 176 valence electrons. The molecule has 1 saturated heterocycles. The van der Waals surface area contributed by atoms with Crippen molar-refractivity contribution < 1.29 is 23.7 Å². The molecule has 4 aromatic carbocycles. The lowest BCUT2D eigenvalue weighted by Gasteiger charge is -2.39. The van der Waals surface area contributed by atoms with Gasteiger partial charge < -0.3 is 23.7 Å². The molecule has 0 bridgehead atoms. The molecule has 5 nitrogen and oxygen atoms in total. The van der Waals surface area contributed by atoms with Crippen LogP contribution in [0.3, 0.4) is 0 Å². The van der Waals surface area contributed by atoms with E-state index in [1.807, 2.05) is 30.3 Å². The first kappa shape index (κ1) is 21.7. The molecule has 2 aliphatic rings. The summed E-state index contributed by atoms with van der Waals surface area (Å²) in [6.45, 7) is 0.152. The maximum Gasteiger partial charge on any atom is 0.235 e. The minimum Gasteiger partial charge on any atom is -0.493 e. The van der Waals surface area contributed by atoms with Crippen LogP contribution >= 0.6 is 0 Å². The molecule has 0 N–H and O–H groups in total. The van der Waals surface area contributed by atoms with Gasteiger partial charge in [-0.15, -0.1) is 0 Å². The molecule has 2 aliphatic heterocycles. The Bertz CT molecular complexity index is 1350. The molecule has 0 saturated carbocycles. The van der Waals surface area contributed by atoms with Gasteiger partial charge in [-0.25, -0.2) is 0 Å². The molecular formula is C30H26O5. The number of benzene rings is 4. The van der Waals surface area contributed by atoms with Gasteiger partial charge in [0.1, 0.15) is 5.75 Å². The van der Waals surface area contributed by atoms with Gasteiger partial charge >= 0.3 is 0 Å². The third-order valence-electron chi connectivity index (χ3n) is 6.85. The summed E-state index contributed by atoms with van der Waals surface area (Å²) in [4.78, 5) is 0. The Kier molecular flexibility index (Phi) is 5.44. The van der Waals surface area contributed by atoms with Crippen LogP contribution in [0.4, 0.5) is 0 Å². The highest BCUT2D eigenvalue weighted by atomic mass is 16.8. The fraction of sp³-hybridized carbons (Fsp3) is 0.200. The summed E-state index contributed by atoms with van der Waals surface area (Å²) in [5.74, 6) is 2.15. The Hall–Kier alpha value is -3.80. The van der Waals surface area contributed by atoms with Crippen molar-refractivity contribution in [2.24, 2.45) is 0 Å². The summed E-state index contributed by atoms with van der Waals surface area (Å²) in [5.41, 5.74) is 5.63. The van der Waals surface area contributed by atoms with Crippen molar-refractivity contribution in [3.63, 3.8) is 0 Å². The molecule has 0 aromatic heterocycles. The second-order valence-electron chi connectivity index (χ2n) is 8.72. The van der Waals surface area contributed by atoms with Crippen LogP contribution in [0.5, 0.6) is 17.2 Å². The van der Waals surface area contributed by atoms with Crippen LogP contribution in [0.15, 0.2) is 91.0 Å². The molecule has 5 heteroatoms. The minimum absolute atomic E-state index is 0.152. The monoisotopic (exact) mass is 466 g/mol. The summed E-state index contributed by atoms with van der Waals surface area (Å²) in [6, 6.07) is 30.9.